The number of hydrogen-bond acceptors (Lipinski definition) is 3. The second kappa shape index (κ2) is 8.71. The van der Waals surface area contributed by atoms with E-state index < -0.39 is 17.8 Å². The van der Waals surface area contributed by atoms with Crippen LogP contribution in [0.5, 0.6) is 0 Å². The summed E-state index contributed by atoms with van der Waals surface area (Å²) in [6, 6.07) is 24.6. The predicted octanol–water partition coefficient (Wildman–Crippen LogP) is 4.47. The van der Waals surface area contributed by atoms with Gasteiger partial charge in [-0.3, -0.25) is 9.59 Å². The quantitative estimate of drug-likeness (QED) is 0.348. The molecule has 2 heterocycles. The predicted molar refractivity (Wildman–Crippen MR) is 131 cm³/mol. The van der Waals surface area contributed by atoms with Gasteiger partial charge in [-0.1, -0.05) is 48.0 Å². The van der Waals surface area contributed by atoms with Gasteiger partial charge in [0.15, 0.2) is 0 Å². The number of imide groups is 1. The average molecular weight is 450 g/mol. The lowest BCUT2D eigenvalue weighted by Crippen LogP contribution is -2.38. The van der Waals surface area contributed by atoms with Crippen molar-refractivity contribution in [1.29, 1.82) is 0 Å². The molecule has 4 amide bonds. The number of fused-ring (bicyclic) bond motifs is 1. The van der Waals surface area contributed by atoms with Gasteiger partial charge in [-0.2, -0.15) is 0 Å². The Labute approximate surface area is 196 Å². The number of carbonyl (C=O) groups excluding carboxylic acids is 3. The first kappa shape index (κ1) is 21.2. The third-order valence-electron chi connectivity index (χ3n) is 5.68. The minimum atomic E-state index is -0.626. The summed E-state index contributed by atoms with van der Waals surface area (Å²) in [6.07, 6.45) is 3.51. The van der Waals surface area contributed by atoms with Gasteiger partial charge in [-0.05, 0) is 60.2 Å². The molecule has 1 aliphatic heterocycles. The lowest BCUT2D eigenvalue weighted by molar-refractivity contribution is -0.127. The molecule has 0 radical (unpaired) electrons. The Bertz CT molecular complexity index is 1450. The second-order valence-electron chi connectivity index (χ2n) is 8.13. The molecule has 0 aliphatic carbocycles. The van der Waals surface area contributed by atoms with Gasteiger partial charge in [0, 0.05) is 23.3 Å². The molecule has 0 saturated carbocycles. The molecular weight excluding hydrogens is 428 g/mol. The largest absolute Gasteiger partial charge is 0.329 e. The zero-order valence-corrected chi connectivity index (χ0v) is 18.5. The third kappa shape index (κ3) is 4.19. The molecule has 34 heavy (non-hydrogen) atoms. The van der Waals surface area contributed by atoms with E-state index >= 15 is 0 Å². The van der Waals surface area contributed by atoms with Gasteiger partial charge in [0.1, 0.15) is 12.2 Å². The fraction of sp³-hybridized carbons (Fsp3) is 0.0741. The van der Waals surface area contributed by atoms with Crippen LogP contribution >= 0.6 is 0 Å². The minimum Gasteiger partial charge on any atom is -0.325 e. The van der Waals surface area contributed by atoms with Crippen LogP contribution in [0.2, 0.25) is 0 Å². The number of anilines is 1. The fourth-order valence-corrected chi connectivity index (χ4v) is 3.92. The molecule has 1 saturated heterocycles. The molecule has 168 valence electrons. The summed E-state index contributed by atoms with van der Waals surface area (Å²) < 4.78 is 1.94. The van der Waals surface area contributed by atoms with Crippen molar-refractivity contribution in [1.82, 2.24) is 14.8 Å². The van der Waals surface area contributed by atoms with Crippen molar-refractivity contribution in [3.8, 4) is 5.69 Å². The van der Waals surface area contributed by atoms with E-state index in [-0.39, 0.29) is 12.2 Å². The number of nitrogens with zero attached hydrogens (tertiary/aromatic N) is 2. The highest BCUT2D eigenvalue weighted by Crippen LogP contribution is 2.22. The Hall–Kier alpha value is -4.65. The van der Waals surface area contributed by atoms with Gasteiger partial charge in [-0.15, -0.1) is 0 Å². The molecule has 4 aromatic rings. The molecule has 0 unspecified atom stereocenters. The topological polar surface area (TPSA) is 83.4 Å². The highest BCUT2D eigenvalue weighted by molar-refractivity contribution is 6.15. The van der Waals surface area contributed by atoms with E-state index in [0.717, 1.165) is 32.6 Å². The van der Waals surface area contributed by atoms with Gasteiger partial charge >= 0.3 is 6.03 Å². The number of aromatic nitrogens is 1. The molecule has 0 bridgehead atoms. The zero-order valence-electron chi connectivity index (χ0n) is 18.5. The maximum absolute atomic E-state index is 12.9. The van der Waals surface area contributed by atoms with E-state index in [2.05, 4.69) is 16.7 Å². The molecule has 7 heteroatoms. The molecule has 1 fully saturated rings. The number of aryl methyl sites for hydroxylation is 1. The van der Waals surface area contributed by atoms with E-state index in [0.29, 0.717) is 5.69 Å². The number of amides is 4. The Morgan fingerprint density at radius 3 is 2.50 bits per heavy atom. The summed E-state index contributed by atoms with van der Waals surface area (Å²) in [5, 5.41) is 7.52. The van der Waals surface area contributed by atoms with Crippen LogP contribution in [0.15, 0.2) is 90.8 Å². The standard InChI is InChI=1S/C27H22N4O3/c1-18-8-11-21(12-9-18)28-25(32)17-31-26(33)24(29-27(31)34)16-22-7-4-14-30(22)23-13-10-19-5-2-3-6-20(19)15-23/h2-16H,17H2,1H3,(H,28,32)(H,29,34)/b24-16-. The maximum atomic E-state index is 12.9. The normalized spacial score (nSPS) is 14.6. The number of rotatable bonds is 5. The molecule has 1 aliphatic rings. The van der Waals surface area contributed by atoms with Gasteiger partial charge in [0.25, 0.3) is 5.91 Å². The average Bonchev–Trinajstić information content (AvgIpc) is 3.40. The second-order valence-corrected chi connectivity index (χ2v) is 8.13. The number of nitrogens with one attached hydrogen (secondary N) is 2. The Balaban J connectivity index is 1.34. The monoisotopic (exact) mass is 450 g/mol. The molecule has 1 aromatic heterocycles. The van der Waals surface area contributed by atoms with E-state index in [4.69, 9.17) is 0 Å². The first-order valence-corrected chi connectivity index (χ1v) is 10.9. The highest BCUT2D eigenvalue weighted by Gasteiger charge is 2.35. The molecule has 2 N–H and O–H groups in total. The zero-order chi connectivity index (χ0) is 23.7. The van der Waals surface area contributed by atoms with Crippen molar-refractivity contribution in [2.24, 2.45) is 0 Å². The van der Waals surface area contributed by atoms with Gasteiger partial charge in [0.05, 0.1) is 0 Å². The summed E-state index contributed by atoms with van der Waals surface area (Å²) in [7, 11) is 0. The van der Waals surface area contributed by atoms with Crippen molar-refractivity contribution in [3.05, 3.63) is 102 Å². The summed E-state index contributed by atoms with van der Waals surface area (Å²) in [5.74, 6) is -0.997. The number of urea groups is 1. The van der Waals surface area contributed by atoms with Crippen molar-refractivity contribution >= 4 is 40.4 Å². The van der Waals surface area contributed by atoms with Crippen molar-refractivity contribution < 1.29 is 14.4 Å². The molecule has 3 aromatic carbocycles. The van der Waals surface area contributed by atoms with E-state index in [1.54, 1.807) is 18.2 Å². The van der Waals surface area contributed by atoms with E-state index in [1.807, 2.05) is 78.4 Å². The Morgan fingerprint density at radius 1 is 0.941 bits per heavy atom. The fourth-order valence-electron chi connectivity index (χ4n) is 3.92. The highest BCUT2D eigenvalue weighted by atomic mass is 16.2. The van der Waals surface area contributed by atoms with Crippen molar-refractivity contribution in [2.75, 3.05) is 11.9 Å². The van der Waals surface area contributed by atoms with Gasteiger partial charge in [0.2, 0.25) is 5.91 Å². The maximum Gasteiger partial charge on any atom is 0.329 e. The van der Waals surface area contributed by atoms with Crippen LogP contribution < -0.4 is 10.6 Å². The van der Waals surface area contributed by atoms with Crippen LogP contribution in [0.3, 0.4) is 0 Å². The molecule has 0 spiro atoms. The summed E-state index contributed by atoms with van der Waals surface area (Å²) in [5.41, 5.74) is 3.45. The number of carbonyl (C=O) groups is 3. The molecule has 5 rings (SSSR count). The number of hydrogen-bond donors (Lipinski definition) is 2. The lowest BCUT2D eigenvalue weighted by atomic mass is 10.1. The molecular formula is C27H22N4O3. The SMILES string of the molecule is Cc1ccc(NC(=O)CN2C(=O)N/C(=C\c3cccn3-c3ccc4ccccc4c3)C2=O)cc1. The van der Waals surface area contributed by atoms with Gasteiger partial charge < -0.3 is 15.2 Å². The van der Waals surface area contributed by atoms with Crippen LogP contribution in [0.1, 0.15) is 11.3 Å². The smallest absolute Gasteiger partial charge is 0.325 e. The first-order chi connectivity index (χ1) is 16.5. The number of benzene rings is 3. The van der Waals surface area contributed by atoms with Crippen LogP contribution in [-0.4, -0.2) is 33.9 Å². The third-order valence-corrected chi connectivity index (χ3v) is 5.68. The van der Waals surface area contributed by atoms with Crippen LogP contribution in [0.4, 0.5) is 10.5 Å². The van der Waals surface area contributed by atoms with Gasteiger partial charge in [-0.25, -0.2) is 9.69 Å². The summed E-state index contributed by atoms with van der Waals surface area (Å²) in [4.78, 5) is 38.6. The first-order valence-electron chi connectivity index (χ1n) is 10.9. The molecule has 7 nitrogen and oxygen atoms in total. The minimum absolute atomic E-state index is 0.119. The van der Waals surface area contributed by atoms with E-state index in [9.17, 15) is 14.4 Å². The van der Waals surface area contributed by atoms with Crippen molar-refractivity contribution in [3.63, 3.8) is 0 Å². The van der Waals surface area contributed by atoms with Crippen LogP contribution in [0.25, 0.3) is 22.5 Å². The summed E-state index contributed by atoms with van der Waals surface area (Å²) in [6.45, 7) is 1.57. The van der Waals surface area contributed by atoms with E-state index in [1.165, 1.54) is 0 Å². The molecule has 0 atom stereocenters. The Morgan fingerprint density at radius 2 is 1.71 bits per heavy atom. The van der Waals surface area contributed by atoms with Crippen molar-refractivity contribution in [2.45, 2.75) is 6.92 Å². The summed E-state index contributed by atoms with van der Waals surface area (Å²) >= 11 is 0. The van der Waals surface area contributed by atoms with Crippen LogP contribution in [0, 0.1) is 6.92 Å². The Kier molecular flexibility index (Phi) is 5.43. The van der Waals surface area contributed by atoms with Crippen LogP contribution in [-0.2, 0) is 9.59 Å². The lowest BCUT2D eigenvalue weighted by Gasteiger charge is -2.12.